The van der Waals surface area contributed by atoms with Gasteiger partial charge in [0.2, 0.25) is 0 Å². The third kappa shape index (κ3) is 4.79. The van der Waals surface area contributed by atoms with Crippen LogP contribution in [0.3, 0.4) is 0 Å². The molecule has 0 radical (unpaired) electrons. The second kappa shape index (κ2) is 12.0. The first kappa shape index (κ1) is 30.1. The summed E-state index contributed by atoms with van der Waals surface area (Å²) in [5.41, 5.74) is 10.4. The number of furan rings is 2. The third-order valence-corrected chi connectivity index (χ3v) is 10.2. The van der Waals surface area contributed by atoms with E-state index in [1.54, 1.807) is 12.4 Å². The molecular weight excluding hydrogens is 667 g/mol. The summed E-state index contributed by atoms with van der Waals surface area (Å²) in [6.45, 7) is 0. The van der Waals surface area contributed by atoms with Gasteiger partial charge in [0.05, 0.1) is 0 Å². The predicted octanol–water partition coefficient (Wildman–Crippen LogP) is 11.9. The fraction of sp³-hybridized carbons (Fsp3) is 0. The van der Waals surface area contributed by atoms with Gasteiger partial charge in [-0.25, -0.2) is 15.0 Å². The molecule has 0 aliphatic carbocycles. The Kier molecular flexibility index (Phi) is 6.72. The fourth-order valence-electron chi connectivity index (χ4n) is 7.69. The van der Waals surface area contributed by atoms with Gasteiger partial charge in [-0.05, 0) is 57.3 Å². The van der Waals surface area contributed by atoms with E-state index >= 15 is 0 Å². The first-order valence-electron chi connectivity index (χ1n) is 17.7. The lowest BCUT2D eigenvalue weighted by Crippen LogP contribution is -2.00. The van der Waals surface area contributed by atoms with Crippen molar-refractivity contribution in [1.29, 1.82) is 0 Å². The van der Waals surface area contributed by atoms with Gasteiger partial charge >= 0.3 is 0 Å². The SMILES string of the molecule is c1ccc(-c2nc(-c3ccc(-c4cccc5c(-c6cccc7oc8ccncc8c67)cccc45)cc3)nc(-c3cccc4oc5ccncc5c34)n2)cc1. The highest BCUT2D eigenvalue weighted by Crippen LogP contribution is 2.41. The molecule has 11 rings (SSSR count). The number of benzene rings is 6. The minimum atomic E-state index is 0.567. The van der Waals surface area contributed by atoms with Gasteiger partial charge in [0, 0.05) is 63.0 Å². The summed E-state index contributed by atoms with van der Waals surface area (Å²) < 4.78 is 12.4. The van der Waals surface area contributed by atoms with Crippen LogP contribution in [0.25, 0.3) is 111 Å². The molecule has 6 aromatic carbocycles. The van der Waals surface area contributed by atoms with E-state index < -0.39 is 0 Å². The Morgan fingerprint density at radius 2 is 0.815 bits per heavy atom. The van der Waals surface area contributed by atoms with Crippen LogP contribution in [0.4, 0.5) is 0 Å². The first-order valence-corrected chi connectivity index (χ1v) is 17.7. The van der Waals surface area contributed by atoms with Crippen molar-refractivity contribution >= 4 is 54.6 Å². The molecule has 252 valence electrons. The largest absolute Gasteiger partial charge is 0.456 e. The molecule has 0 bridgehead atoms. The van der Waals surface area contributed by atoms with Crippen molar-refractivity contribution in [1.82, 2.24) is 24.9 Å². The molecule has 0 saturated heterocycles. The summed E-state index contributed by atoms with van der Waals surface area (Å²) in [4.78, 5) is 23.9. The van der Waals surface area contributed by atoms with Crippen LogP contribution in [-0.4, -0.2) is 24.9 Å². The van der Waals surface area contributed by atoms with Gasteiger partial charge < -0.3 is 8.83 Å². The number of pyridine rings is 2. The van der Waals surface area contributed by atoms with Gasteiger partial charge in [-0.3, -0.25) is 9.97 Å². The van der Waals surface area contributed by atoms with Crippen LogP contribution in [0.1, 0.15) is 0 Å². The Bertz CT molecular complexity index is 3220. The molecule has 0 amide bonds. The van der Waals surface area contributed by atoms with E-state index in [-0.39, 0.29) is 0 Å². The number of rotatable bonds is 5. The fourth-order valence-corrected chi connectivity index (χ4v) is 7.69. The minimum absolute atomic E-state index is 0.567. The highest BCUT2D eigenvalue weighted by atomic mass is 16.3. The molecule has 11 aromatic rings. The second-order valence-corrected chi connectivity index (χ2v) is 13.3. The van der Waals surface area contributed by atoms with E-state index in [9.17, 15) is 0 Å². The number of hydrogen-bond acceptors (Lipinski definition) is 7. The van der Waals surface area contributed by atoms with Gasteiger partial charge in [0.25, 0.3) is 0 Å². The summed E-state index contributed by atoms with van der Waals surface area (Å²) in [7, 11) is 0. The molecule has 0 unspecified atom stereocenters. The molecule has 0 aliphatic heterocycles. The quantitative estimate of drug-likeness (QED) is 0.177. The molecule has 7 nitrogen and oxygen atoms in total. The standard InChI is InChI=1S/C47H27N5O2/c1-2-8-29(9-3-1)45-50-46(52-47(51-45)36-15-7-17-42-44(36)38-27-49-25-23-40(38)54-42)30-20-18-28(19-21-30)31-10-4-12-33-32(31)11-5-13-34(33)35-14-6-16-41-43(35)37-26-48-24-22-39(37)53-41/h1-27H. The van der Waals surface area contributed by atoms with Crippen molar-refractivity contribution in [2.45, 2.75) is 0 Å². The number of hydrogen-bond donors (Lipinski definition) is 0. The second-order valence-electron chi connectivity index (χ2n) is 13.3. The zero-order chi connectivity index (χ0) is 35.6. The van der Waals surface area contributed by atoms with Crippen LogP contribution in [0, 0.1) is 0 Å². The van der Waals surface area contributed by atoms with Crippen molar-refractivity contribution in [3.63, 3.8) is 0 Å². The first-order chi connectivity index (χ1) is 26.8. The molecule has 54 heavy (non-hydrogen) atoms. The van der Waals surface area contributed by atoms with Gasteiger partial charge in [-0.1, -0.05) is 115 Å². The van der Waals surface area contributed by atoms with E-state index in [0.717, 1.165) is 93.6 Å². The zero-order valence-electron chi connectivity index (χ0n) is 28.6. The lowest BCUT2D eigenvalue weighted by atomic mass is 9.91. The van der Waals surface area contributed by atoms with Crippen LogP contribution >= 0.6 is 0 Å². The lowest BCUT2D eigenvalue weighted by Gasteiger charge is -2.13. The van der Waals surface area contributed by atoms with Crippen LogP contribution in [-0.2, 0) is 0 Å². The maximum Gasteiger partial charge on any atom is 0.164 e. The van der Waals surface area contributed by atoms with E-state index in [0.29, 0.717) is 17.5 Å². The van der Waals surface area contributed by atoms with Crippen LogP contribution in [0.5, 0.6) is 0 Å². The highest BCUT2D eigenvalue weighted by molar-refractivity contribution is 6.16. The lowest BCUT2D eigenvalue weighted by molar-refractivity contribution is 0.668. The number of nitrogens with zero attached hydrogens (tertiary/aromatic N) is 5. The van der Waals surface area contributed by atoms with Crippen LogP contribution in [0.15, 0.2) is 173 Å². The molecule has 0 saturated carbocycles. The van der Waals surface area contributed by atoms with Gasteiger partial charge in [-0.15, -0.1) is 0 Å². The Hall–Kier alpha value is -7.51. The smallest absolute Gasteiger partial charge is 0.164 e. The van der Waals surface area contributed by atoms with Crippen molar-refractivity contribution in [2.75, 3.05) is 0 Å². The molecule has 0 fully saturated rings. The normalized spacial score (nSPS) is 11.7. The molecule has 7 heteroatoms. The monoisotopic (exact) mass is 693 g/mol. The summed E-state index contributed by atoms with van der Waals surface area (Å²) in [6.07, 6.45) is 7.22. The summed E-state index contributed by atoms with van der Waals surface area (Å²) in [5, 5.41) is 6.25. The van der Waals surface area contributed by atoms with E-state index in [4.69, 9.17) is 23.8 Å². The van der Waals surface area contributed by atoms with Crippen LogP contribution < -0.4 is 0 Å². The topological polar surface area (TPSA) is 90.7 Å². The predicted molar refractivity (Wildman–Crippen MR) is 215 cm³/mol. The van der Waals surface area contributed by atoms with E-state index in [2.05, 4.69) is 82.8 Å². The van der Waals surface area contributed by atoms with Gasteiger partial charge in [0.15, 0.2) is 17.5 Å². The summed E-state index contributed by atoms with van der Waals surface area (Å²) in [5.74, 6) is 1.75. The number of aromatic nitrogens is 5. The van der Waals surface area contributed by atoms with Gasteiger partial charge in [-0.2, -0.15) is 0 Å². The van der Waals surface area contributed by atoms with Crippen molar-refractivity contribution in [3.8, 4) is 56.4 Å². The Labute approximate surface area is 308 Å². The summed E-state index contributed by atoms with van der Waals surface area (Å²) >= 11 is 0. The molecule has 0 N–H and O–H groups in total. The third-order valence-electron chi connectivity index (χ3n) is 10.2. The maximum atomic E-state index is 6.20. The van der Waals surface area contributed by atoms with Crippen molar-refractivity contribution in [2.24, 2.45) is 0 Å². The average molecular weight is 694 g/mol. The number of fused-ring (bicyclic) bond motifs is 7. The van der Waals surface area contributed by atoms with Crippen molar-refractivity contribution < 1.29 is 8.83 Å². The highest BCUT2D eigenvalue weighted by Gasteiger charge is 2.19. The molecule has 0 spiro atoms. The molecular formula is C47H27N5O2. The minimum Gasteiger partial charge on any atom is -0.456 e. The Balaban J connectivity index is 1.03. The Morgan fingerprint density at radius 3 is 1.48 bits per heavy atom. The van der Waals surface area contributed by atoms with E-state index in [1.807, 2.05) is 79.1 Å². The maximum absolute atomic E-state index is 6.20. The Morgan fingerprint density at radius 1 is 0.315 bits per heavy atom. The zero-order valence-corrected chi connectivity index (χ0v) is 28.6. The molecule has 0 aliphatic rings. The summed E-state index contributed by atoms with van der Waals surface area (Å²) in [6, 6.07) is 47.5. The van der Waals surface area contributed by atoms with Crippen LogP contribution in [0.2, 0.25) is 0 Å². The van der Waals surface area contributed by atoms with Gasteiger partial charge in [0.1, 0.15) is 22.3 Å². The van der Waals surface area contributed by atoms with Crippen molar-refractivity contribution in [3.05, 3.63) is 164 Å². The molecule has 0 atom stereocenters. The molecule has 5 heterocycles. The molecule has 5 aromatic heterocycles. The van der Waals surface area contributed by atoms with E-state index in [1.165, 1.54) is 0 Å². The average Bonchev–Trinajstić information content (AvgIpc) is 3.82.